The fourth-order valence-electron chi connectivity index (χ4n) is 1.93. The number of rotatable bonds is 7. The summed E-state index contributed by atoms with van der Waals surface area (Å²) in [5.74, 6) is 1.52. The Morgan fingerprint density at radius 2 is 2.06 bits per heavy atom. The van der Waals surface area contributed by atoms with E-state index in [1.165, 1.54) is 5.56 Å². The summed E-state index contributed by atoms with van der Waals surface area (Å²) in [7, 11) is 0. The zero-order valence-corrected chi connectivity index (χ0v) is 11.4. The van der Waals surface area contributed by atoms with Gasteiger partial charge in [0.1, 0.15) is 5.75 Å². The summed E-state index contributed by atoms with van der Waals surface area (Å²) in [6.45, 7) is 10.3. The highest BCUT2D eigenvalue weighted by molar-refractivity contribution is 5.26. The van der Waals surface area contributed by atoms with E-state index in [1.54, 1.807) is 6.20 Å². The van der Waals surface area contributed by atoms with Gasteiger partial charge in [-0.1, -0.05) is 20.8 Å². The van der Waals surface area contributed by atoms with Crippen molar-refractivity contribution in [3.05, 3.63) is 24.0 Å². The lowest BCUT2D eigenvalue weighted by Crippen LogP contribution is -2.22. The van der Waals surface area contributed by atoms with Crippen molar-refractivity contribution >= 4 is 0 Å². The van der Waals surface area contributed by atoms with Crippen molar-refractivity contribution in [2.45, 2.75) is 40.2 Å². The number of nitrogens with zero attached hydrogens (tertiary/aromatic N) is 1. The Labute approximate surface area is 105 Å². The molecule has 1 aromatic heterocycles. The second-order valence-corrected chi connectivity index (χ2v) is 4.63. The third-order valence-corrected chi connectivity index (χ3v) is 2.61. The molecule has 0 fully saturated rings. The van der Waals surface area contributed by atoms with Gasteiger partial charge in [0.25, 0.3) is 0 Å². The van der Waals surface area contributed by atoms with Crippen molar-refractivity contribution in [3.63, 3.8) is 0 Å². The lowest BCUT2D eigenvalue weighted by Gasteiger charge is -2.20. The molecule has 0 aliphatic carbocycles. The van der Waals surface area contributed by atoms with Gasteiger partial charge in [-0.05, 0) is 37.4 Å². The van der Waals surface area contributed by atoms with Gasteiger partial charge in [0.2, 0.25) is 0 Å². The largest absolute Gasteiger partial charge is 0.492 e. The molecule has 1 atom stereocenters. The van der Waals surface area contributed by atoms with Crippen molar-refractivity contribution < 1.29 is 4.74 Å². The van der Waals surface area contributed by atoms with Crippen molar-refractivity contribution in [2.75, 3.05) is 13.2 Å². The lowest BCUT2D eigenvalue weighted by molar-refractivity contribution is 0.337. The van der Waals surface area contributed by atoms with Crippen molar-refractivity contribution in [1.29, 1.82) is 0 Å². The molecule has 0 spiro atoms. The van der Waals surface area contributed by atoms with Crippen LogP contribution >= 0.6 is 0 Å². The highest BCUT2D eigenvalue weighted by Gasteiger charge is 2.13. The van der Waals surface area contributed by atoms with E-state index in [-0.39, 0.29) is 0 Å². The van der Waals surface area contributed by atoms with Gasteiger partial charge in [-0.15, -0.1) is 0 Å². The molecule has 0 bridgehead atoms. The normalized spacial score (nSPS) is 12.8. The predicted molar refractivity (Wildman–Crippen MR) is 71.3 cm³/mol. The molecular weight excluding hydrogens is 212 g/mol. The van der Waals surface area contributed by atoms with Crippen LogP contribution in [0.4, 0.5) is 0 Å². The van der Waals surface area contributed by atoms with Gasteiger partial charge in [-0.2, -0.15) is 0 Å². The fourth-order valence-corrected chi connectivity index (χ4v) is 1.93. The van der Waals surface area contributed by atoms with Crippen molar-refractivity contribution in [3.8, 4) is 5.75 Å². The Morgan fingerprint density at radius 1 is 1.29 bits per heavy atom. The molecule has 17 heavy (non-hydrogen) atoms. The molecule has 3 heteroatoms. The van der Waals surface area contributed by atoms with Crippen LogP contribution in [0, 0.1) is 5.92 Å². The predicted octanol–water partition coefficient (Wildman–Crippen LogP) is 3.18. The Hall–Kier alpha value is -1.09. The molecule has 0 saturated heterocycles. The molecule has 0 saturated carbocycles. The van der Waals surface area contributed by atoms with Crippen LogP contribution < -0.4 is 10.1 Å². The topological polar surface area (TPSA) is 34.2 Å². The molecule has 1 rings (SSSR count). The summed E-state index contributed by atoms with van der Waals surface area (Å²) < 4.78 is 5.49. The molecule has 0 aliphatic heterocycles. The number of aromatic nitrogens is 1. The third kappa shape index (κ3) is 4.73. The smallest absolute Gasteiger partial charge is 0.137 e. The third-order valence-electron chi connectivity index (χ3n) is 2.61. The summed E-state index contributed by atoms with van der Waals surface area (Å²) in [6, 6.07) is 2.46. The second-order valence-electron chi connectivity index (χ2n) is 4.63. The highest BCUT2D eigenvalue weighted by atomic mass is 16.5. The van der Waals surface area contributed by atoms with Gasteiger partial charge in [0.15, 0.2) is 0 Å². The van der Waals surface area contributed by atoms with Crippen LogP contribution in [0.1, 0.15) is 45.7 Å². The van der Waals surface area contributed by atoms with Crippen LogP contribution in [0.3, 0.4) is 0 Å². The molecule has 0 radical (unpaired) electrons. The number of pyridine rings is 1. The number of hydrogen-bond acceptors (Lipinski definition) is 3. The van der Waals surface area contributed by atoms with Gasteiger partial charge in [0.05, 0.1) is 12.8 Å². The van der Waals surface area contributed by atoms with E-state index in [4.69, 9.17) is 4.74 Å². The molecule has 1 N–H and O–H groups in total. The van der Waals surface area contributed by atoms with Crippen LogP contribution in [-0.4, -0.2) is 18.1 Å². The minimum Gasteiger partial charge on any atom is -0.492 e. The monoisotopic (exact) mass is 236 g/mol. The molecule has 3 nitrogen and oxygen atoms in total. The maximum atomic E-state index is 5.49. The average Bonchev–Trinajstić information content (AvgIpc) is 2.29. The highest BCUT2D eigenvalue weighted by Crippen LogP contribution is 2.23. The minimum absolute atomic E-state index is 0.368. The van der Waals surface area contributed by atoms with E-state index in [0.717, 1.165) is 18.7 Å². The standard InChI is InChI=1S/C14H24N2O/c1-5-16-14(7-11(3)4)12-8-13(17-6-2)10-15-9-12/h8-11,14,16H,5-7H2,1-4H3. The maximum Gasteiger partial charge on any atom is 0.137 e. The molecule has 1 aromatic rings. The molecule has 0 aliphatic rings. The Balaban J connectivity index is 2.81. The van der Waals surface area contributed by atoms with E-state index >= 15 is 0 Å². The van der Waals surface area contributed by atoms with Crippen LogP contribution in [0.2, 0.25) is 0 Å². The number of ether oxygens (including phenoxy) is 1. The van der Waals surface area contributed by atoms with Crippen LogP contribution in [-0.2, 0) is 0 Å². The summed E-state index contributed by atoms with van der Waals surface area (Å²) >= 11 is 0. The van der Waals surface area contributed by atoms with Gasteiger partial charge in [-0.25, -0.2) is 0 Å². The molecule has 1 heterocycles. The average molecular weight is 236 g/mol. The first kappa shape index (κ1) is 14.0. The van der Waals surface area contributed by atoms with Crippen molar-refractivity contribution in [1.82, 2.24) is 10.3 Å². The summed E-state index contributed by atoms with van der Waals surface area (Å²) in [4.78, 5) is 4.25. The van der Waals surface area contributed by atoms with Gasteiger partial charge < -0.3 is 10.1 Å². The molecular formula is C14H24N2O. The fraction of sp³-hybridized carbons (Fsp3) is 0.643. The van der Waals surface area contributed by atoms with Crippen LogP contribution in [0.25, 0.3) is 0 Å². The van der Waals surface area contributed by atoms with Gasteiger partial charge in [-0.3, -0.25) is 4.98 Å². The summed E-state index contributed by atoms with van der Waals surface area (Å²) in [6.07, 6.45) is 4.81. The Morgan fingerprint density at radius 3 is 2.65 bits per heavy atom. The molecule has 0 aromatic carbocycles. The van der Waals surface area contributed by atoms with Gasteiger partial charge in [0, 0.05) is 12.2 Å². The van der Waals surface area contributed by atoms with Crippen LogP contribution in [0.5, 0.6) is 5.75 Å². The Kier molecular flexibility index (Phi) is 5.98. The zero-order chi connectivity index (χ0) is 12.7. The number of hydrogen-bond donors (Lipinski definition) is 1. The quantitative estimate of drug-likeness (QED) is 0.789. The molecule has 1 unspecified atom stereocenters. The van der Waals surface area contributed by atoms with E-state index in [2.05, 4.69) is 37.1 Å². The SMILES string of the molecule is CCNC(CC(C)C)c1cncc(OCC)c1. The van der Waals surface area contributed by atoms with Gasteiger partial charge >= 0.3 is 0 Å². The van der Waals surface area contributed by atoms with Crippen LogP contribution in [0.15, 0.2) is 18.5 Å². The van der Waals surface area contributed by atoms with E-state index in [0.29, 0.717) is 18.6 Å². The van der Waals surface area contributed by atoms with Crippen molar-refractivity contribution in [2.24, 2.45) is 5.92 Å². The zero-order valence-electron chi connectivity index (χ0n) is 11.4. The summed E-state index contributed by atoms with van der Waals surface area (Å²) in [5.41, 5.74) is 1.21. The molecule has 96 valence electrons. The first-order valence-corrected chi connectivity index (χ1v) is 6.48. The van der Waals surface area contributed by atoms with E-state index in [1.807, 2.05) is 13.1 Å². The minimum atomic E-state index is 0.368. The molecule has 0 amide bonds. The van der Waals surface area contributed by atoms with E-state index < -0.39 is 0 Å². The summed E-state index contributed by atoms with van der Waals surface area (Å²) in [5, 5.41) is 3.50. The second kappa shape index (κ2) is 7.28. The maximum absolute atomic E-state index is 5.49. The lowest BCUT2D eigenvalue weighted by atomic mass is 9.98. The first-order valence-electron chi connectivity index (χ1n) is 6.48. The number of nitrogens with one attached hydrogen (secondary N) is 1. The Bertz CT molecular complexity index is 326. The van der Waals surface area contributed by atoms with E-state index in [9.17, 15) is 0 Å². The first-order chi connectivity index (χ1) is 8.17.